The van der Waals surface area contributed by atoms with Crippen LogP contribution in [-0.2, 0) is 10.2 Å². The molecule has 2 aromatic rings. The van der Waals surface area contributed by atoms with Crippen LogP contribution in [0, 0.1) is 0 Å². The van der Waals surface area contributed by atoms with Crippen LogP contribution in [0.25, 0.3) is 0 Å². The van der Waals surface area contributed by atoms with Gasteiger partial charge in [-0.2, -0.15) is 0 Å². The number of benzene rings is 2. The predicted molar refractivity (Wildman–Crippen MR) is 98.2 cm³/mol. The monoisotopic (exact) mass is 340 g/mol. The number of para-hydroxylation sites is 2. The Morgan fingerprint density at radius 3 is 2.48 bits per heavy atom. The summed E-state index contributed by atoms with van der Waals surface area (Å²) in [7, 11) is 1.68. The summed E-state index contributed by atoms with van der Waals surface area (Å²) in [4.78, 5) is 12.3. The van der Waals surface area contributed by atoms with E-state index >= 15 is 0 Å². The Morgan fingerprint density at radius 1 is 1.08 bits per heavy atom. The van der Waals surface area contributed by atoms with Crippen molar-refractivity contribution >= 4 is 11.7 Å². The first kappa shape index (κ1) is 17.3. The summed E-state index contributed by atoms with van der Waals surface area (Å²) in [5.41, 5.74) is 1.72. The first-order valence-electron chi connectivity index (χ1n) is 8.55. The van der Waals surface area contributed by atoms with Crippen LogP contribution in [0.5, 0.6) is 5.75 Å². The van der Waals surface area contributed by atoms with E-state index in [-0.39, 0.29) is 11.4 Å². The van der Waals surface area contributed by atoms with Gasteiger partial charge in [0.2, 0.25) is 0 Å². The van der Waals surface area contributed by atoms with E-state index in [1.165, 1.54) is 0 Å². The summed E-state index contributed by atoms with van der Waals surface area (Å²) < 4.78 is 11.1. The van der Waals surface area contributed by atoms with Gasteiger partial charge in [-0.05, 0) is 31.0 Å². The maximum absolute atomic E-state index is 12.3. The molecule has 0 aliphatic carbocycles. The number of hydrogen-bond acceptors (Lipinski definition) is 3. The van der Waals surface area contributed by atoms with Crippen LogP contribution in [0.15, 0.2) is 54.6 Å². The molecule has 25 heavy (non-hydrogen) atoms. The molecule has 3 rings (SSSR count). The lowest BCUT2D eigenvalue weighted by atomic mass is 9.73. The zero-order chi connectivity index (χ0) is 17.5. The molecule has 0 aromatic heterocycles. The van der Waals surface area contributed by atoms with Gasteiger partial charge in [-0.1, -0.05) is 36.4 Å². The second kappa shape index (κ2) is 8.03. The third kappa shape index (κ3) is 4.12. The Hall–Kier alpha value is -2.53. The normalized spacial score (nSPS) is 16.0. The highest BCUT2D eigenvalue weighted by atomic mass is 16.5. The maximum atomic E-state index is 12.3. The van der Waals surface area contributed by atoms with Crippen LogP contribution in [-0.4, -0.2) is 32.9 Å². The van der Waals surface area contributed by atoms with E-state index in [0.29, 0.717) is 19.8 Å². The molecule has 1 heterocycles. The summed E-state index contributed by atoms with van der Waals surface area (Å²) in [5, 5.41) is 5.90. The minimum Gasteiger partial charge on any atom is -0.496 e. The number of anilines is 1. The second-order valence-corrected chi connectivity index (χ2v) is 6.27. The minimum atomic E-state index is -0.202. The maximum Gasteiger partial charge on any atom is 0.319 e. The van der Waals surface area contributed by atoms with E-state index in [9.17, 15) is 4.79 Å². The summed E-state index contributed by atoms with van der Waals surface area (Å²) in [6.07, 6.45) is 1.69. The van der Waals surface area contributed by atoms with Crippen molar-refractivity contribution in [3.8, 4) is 5.75 Å². The van der Waals surface area contributed by atoms with E-state index < -0.39 is 0 Å². The molecule has 1 aliphatic heterocycles. The topological polar surface area (TPSA) is 59.6 Å². The molecule has 0 spiro atoms. The molecular formula is C20H24N2O3. The Labute approximate surface area is 148 Å². The third-order valence-corrected chi connectivity index (χ3v) is 4.75. The Kier molecular flexibility index (Phi) is 5.56. The van der Waals surface area contributed by atoms with Crippen LogP contribution in [0.2, 0.25) is 0 Å². The SMILES string of the molecule is COc1ccccc1C1(CNC(=O)Nc2ccccc2)CCOCC1. The van der Waals surface area contributed by atoms with Gasteiger partial charge in [0, 0.05) is 36.4 Å². The van der Waals surface area contributed by atoms with Crippen molar-refractivity contribution in [1.82, 2.24) is 5.32 Å². The molecule has 0 saturated carbocycles. The second-order valence-electron chi connectivity index (χ2n) is 6.27. The van der Waals surface area contributed by atoms with Crippen molar-refractivity contribution in [2.75, 3.05) is 32.2 Å². The smallest absolute Gasteiger partial charge is 0.319 e. The van der Waals surface area contributed by atoms with Crippen molar-refractivity contribution in [3.63, 3.8) is 0 Å². The molecule has 0 unspecified atom stereocenters. The number of rotatable bonds is 5. The van der Waals surface area contributed by atoms with Crippen molar-refractivity contribution in [1.29, 1.82) is 0 Å². The first-order chi connectivity index (χ1) is 12.2. The van der Waals surface area contributed by atoms with E-state index in [1.54, 1.807) is 7.11 Å². The van der Waals surface area contributed by atoms with Gasteiger partial charge in [-0.3, -0.25) is 0 Å². The zero-order valence-corrected chi connectivity index (χ0v) is 14.5. The van der Waals surface area contributed by atoms with E-state index in [2.05, 4.69) is 16.7 Å². The molecule has 0 atom stereocenters. The lowest BCUT2D eigenvalue weighted by Gasteiger charge is -2.38. The Morgan fingerprint density at radius 2 is 1.76 bits per heavy atom. The third-order valence-electron chi connectivity index (χ3n) is 4.75. The van der Waals surface area contributed by atoms with Crippen molar-refractivity contribution < 1.29 is 14.3 Å². The van der Waals surface area contributed by atoms with Crippen LogP contribution in [0.4, 0.5) is 10.5 Å². The number of carbonyl (C=O) groups excluding carboxylic acids is 1. The number of amides is 2. The molecule has 0 bridgehead atoms. The average molecular weight is 340 g/mol. The minimum absolute atomic E-state index is 0.182. The summed E-state index contributed by atoms with van der Waals surface area (Å²) in [5.74, 6) is 0.856. The largest absolute Gasteiger partial charge is 0.496 e. The van der Waals surface area contributed by atoms with Gasteiger partial charge in [-0.15, -0.1) is 0 Å². The number of hydrogen-bond donors (Lipinski definition) is 2. The lowest BCUT2D eigenvalue weighted by molar-refractivity contribution is 0.0500. The average Bonchev–Trinajstić information content (AvgIpc) is 2.68. The molecule has 1 aliphatic rings. The molecule has 2 N–H and O–H groups in total. The van der Waals surface area contributed by atoms with Gasteiger partial charge >= 0.3 is 6.03 Å². The summed E-state index contributed by atoms with van der Waals surface area (Å²) >= 11 is 0. The molecule has 5 nitrogen and oxygen atoms in total. The van der Waals surface area contributed by atoms with E-state index in [0.717, 1.165) is 29.8 Å². The van der Waals surface area contributed by atoms with Crippen molar-refractivity contribution in [2.24, 2.45) is 0 Å². The van der Waals surface area contributed by atoms with E-state index in [1.807, 2.05) is 48.5 Å². The van der Waals surface area contributed by atoms with Crippen LogP contribution in [0.3, 0.4) is 0 Å². The summed E-state index contributed by atoms with van der Waals surface area (Å²) in [6.45, 7) is 1.90. The highest BCUT2D eigenvalue weighted by Gasteiger charge is 2.37. The zero-order valence-electron chi connectivity index (χ0n) is 14.5. The number of nitrogens with one attached hydrogen (secondary N) is 2. The molecule has 0 radical (unpaired) electrons. The van der Waals surface area contributed by atoms with Crippen molar-refractivity contribution in [3.05, 3.63) is 60.2 Å². The molecule has 1 fully saturated rings. The van der Waals surface area contributed by atoms with Crippen LogP contribution in [0.1, 0.15) is 18.4 Å². The number of carbonyl (C=O) groups is 1. The molecular weight excluding hydrogens is 316 g/mol. The molecule has 2 aromatic carbocycles. The Balaban J connectivity index is 1.74. The highest BCUT2D eigenvalue weighted by molar-refractivity contribution is 5.89. The van der Waals surface area contributed by atoms with Gasteiger partial charge in [0.15, 0.2) is 0 Å². The molecule has 132 valence electrons. The van der Waals surface area contributed by atoms with Gasteiger partial charge in [-0.25, -0.2) is 4.79 Å². The van der Waals surface area contributed by atoms with Gasteiger partial charge in [0.1, 0.15) is 5.75 Å². The number of ether oxygens (including phenoxy) is 2. The van der Waals surface area contributed by atoms with Crippen LogP contribution >= 0.6 is 0 Å². The molecule has 1 saturated heterocycles. The predicted octanol–water partition coefficient (Wildman–Crippen LogP) is 3.57. The van der Waals surface area contributed by atoms with Gasteiger partial charge in [0.05, 0.1) is 7.11 Å². The standard InChI is InChI=1S/C20H24N2O3/c1-24-18-10-6-5-9-17(18)20(11-13-25-14-12-20)15-21-19(23)22-16-7-3-2-4-8-16/h2-10H,11-15H2,1H3,(H2,21,22,23). The fourth-order valence-corrected chi connectivity index (χ4v) is 3.33. The Bertz CT molecular complexity index is 697. The van der Waals surface area contributed by atoms with Gasteiger partial charge < -0.3 is 20.1 Å². The first-order valence-corrected chi connectivity index (χ1v) is 8.55. The molecule has 2 amide bonds. The highest BCUT2D eigenvalue weighted by Crippen LogP contribution is 2.39. The van der Waals surface area contributed by atoms with E-state index in [4.69, 9.17) is 9.47 Å². The number of methoxy groups -OCH3 is 1. The lowest BCUT2D eigenvalue weighted by Crippen LogP contribution is -2.45. The molecule has 5 heteroatoms. The van der Waals surface area contributed by atoms with Crippen LogP contribution < -0.4 is 15.4 Å². The van der Waals surface area contributed by atoms with Crippen molar-refractivity contribution in [2.45, 2.75) is 18.3 Å². The fraction of sp³-hybridized carbons (Fsp3) is 0.350. The quantitative estimate of drug-likeness (QED) is 0.875. The van der Waals surface area contributed by atoms with Gasteiger partial charge in [0.25, 0.3) is 0 Å². The summed E-state index contributed by atoms with van der Waals surface area (Å²) in [6, 6.07) is 17.3. The number of urea groups is 1. The fourth-order valence-electron chi connectivity index (χ4n) is 3.33.